The van der Waals surface area contributed by atoms with Gasteiger partial charge in [0.1, 0.15) is 4.83 Å². The van der Waals surface area contributed by atoms with Gasteiger partial charge in [-0.15, -0.1) is 11.3 Å². The van der Waals surface area contributed by atoms with Crippen molar-refractivity contribution in [3.63, 3.8) is 0 Å². The molecule has 0 unspecified atom stereocenters. The molecule has 0 radical (unpaired) electrons. The van der Waals surface area contributed by atoms with Crippen LogP contribution in [0.4, 0.5) is 0 Å². The Morgan fingerprint density at radius 1 is 1.27 bits per heavy atom. The summed E-state index contributed by atoms with van der Waals surface area (Å²) in [6, 6.07) is 0.314. The number of thiophene rings is 1. The maximum absolute atomic E-state index is 12.9. The fourth-order valence-electron chi connectivity index (χ4n) is 3.97. The number of rotatable bonds is 4. The van der Waals surface area contributed by atoms with Crippen LogP contribution in [0, 0.1) is 0 Å². The third kappa shape index (κ3) is 3.31. The highest BCUT2D eigenvalue weighted by molar-refractivity contribution is 8.00. The van der Waals surface area contributed by atoms with Gasteiger partial charge in [-0.3, -0.25) is 14.2 Å². The highest BCUT2D eigenvalue weighted by Gasteiger charge is 2.25. The molecule has 140 valence electrons. The van der Waals surface area contributed by atoms with Crippen molar-refractivity contribution < 1.29 is 4.79 Å². The number of carbonyl (C=O) groups is 1. The molecule has 7 heteroatoms. The van der Waals surface area contributed by atoms with E-state index in [1.807, 2.05) is 6.92 Å². The summed E-state index contributed by atoms with van der Waals surface area (Å²) in [4.78, 5) is 32.3. The maximum Gasteiger partial charge on any atom is 0.262 e. The van der Waals surface area contributed by atoms with Gasteiger partial charge >= 0.3 is 0 Å². The van der Waals surface area contributed by atoms with E-state index in [0.29, 0.717) is 11.2 Å². The number of fused-ring (bicyclic) bond motifs is 3. The normalized spacial score (nSPS) is 18.8. The second kappa shape index (κ2) is 7.35. The molecule has 0 aliphatic heterocycles. The van der Waals surface area contributed by atoms with E-state index >= 15 is 0 Å². The number of nitrogens with one attached hydrogen (secondary N) is 1. The molecule has 2 aromatic heterocycles. The van der Waals surface area contributed by atoms with Crippen LogP contribution in [-0.2, 0) is 24.7 Å². The largest absolute Gasteiger partial charge is 0.352 e. The van der Waals surface area contributed by atoms with Gasteiger partial charge in [-0.05, 0) is 51.0 Å². The number of nitrogens with zero attached hydrogens (tertiary/aromatic N) is 2. The summed E-state index contributed by atoms with van der Waals surface area (Å²) in [6.45, 7) is 1.89. The number of thioether (sulfide) groups is 1. The molecular weight excluding hydrogens is 366 g/mol. The van der Waals surface area contributed by atoms with E-state index in [4.69, 9.17) is 4.98 Å². The lowest BCUT2D eigenvalue weighted by molar-refractivity contribution is -0.120. The minimum absolute atomic E-state index is 0.0281. The van der Waals surface area contributed by atoms with E-state index in [9.17, 15) is 9.59 Å². The molecule has 26 heavy (non-hydrogen) atoms. The molecule has 2 heterocycles. The maximum atomic E-state index is 12.9. The van der Waals surface area contributed by atoms with Gasteiger partial charge in [0.2, 0.25) is 5.91 Å². The summed E-state index contributed by atoms with van der Waals surface area (Å²) in [7, 11) is 1.77. The van der Waals surface area contributed by atoms with Crippen LogP contribution in [-0.4, -0.2) is 26.8 Å². The quantitative estimate of drug-likeness (QED) is 0.641. The average Bonchev–Trinajstić information content (AvgIpc) is 3.26. The molecule has 1 amide bonds. The van der Waals surface area contributed by atoms with E-state index in [2.05, 4.69) is 5.32 Å². The standard InChI is InChI=1S/C19H25N3O2S2/c1-11(16(23)20-12-7-3-4-8-12)25-19-21-17-15(18(24)22(19)2)13-9-5-6-10-14(13)26-17/h11-12H,3-10H2,1-2H3,(H,20,23)/t11-/m1/s1. The SMILES string of the molecule is C[C@@H](Sc1nc2sc3c(c2c(=O)n1C)CCCC3)C(=O)NC1CCCC1. The van der Waals surface area contributed by atoms with Crippen LogP contribution < -0.4 is 10.9 Å². The highest BCUT2D eigenvalue weighted by Crippen LogP contribution is 2.35. The predicted molar refractivity (Wildman–Crippen MR) is 107 cm³/mol. The molecule has 2 aliphatic rings. The molecule has 0 spiro atoms. The number of aryl methyl sites for hydroxylation is 2. The van der Waals surface area contributed by atoms with Gasteiger partial charge in [-0.2, -0.15) is 0 Å². The highest BCUT2D eigenvalue weighted by atomic mass is 32.2. The monoisotopic (exact) mass is 391 g/mol. The van der Waals surface area contributed by atoms with Crippen molar-refractivity contribution in [3.05, 3.63) is 20.8 Å². The van der Waals surface area contributed by atoms with Crippen LogP contribution in [0.5, 0.6) is 0 Å². The van der Waals surface area contributed by atoms with Crippen molar-refractivity contribution >= 4 is 39.2 Å². The van der Waals surface area contributed by atoms with Crippen molar-refractivity contribution in [2.45, 2.75) is 74.7 Å². The number of hydrogen-bond donors (Lipinski definition) is 1. The summed E-state index contributed by atoms with van der Waals surface area (Å²) in [5, 5.41) is 4.31. The molecule has 1 fully saturated rings. The van der Waals surface area contributed by atoms with Gasteiger partial charge in [0.15, 0.2) is 5.16 Å². The Kier molecular flexibility index (Phi) is 5.10. The average molecular weight is 392 g/mol. The summed E-state index contributed by atoms with van der Waals surface area (Å²) in [6.07, 6.45) is 8.93. The van der Waals surface area contributed by atoms with Crippen LogP contribution in [0.3, 0.4) is 0 Å². The van der Waals surface area contributed by atoms with Crippen molar-refractivity contribution in [1.82, 2.24) is 14.9 Å². The Bertz CT molecular complexity index is 896. The molecule has 1 atom stereocenters. The molecule has 2 aliphatic carbocycles. The molecule has 4 rings (SSSR count). The zero-order valence-electron chi connectivity index (χ0n) is 15.3. The first-order chi connectivity index (χ1) is 12.5. The fraction of sp³-hybridized carbons (Fsp3) is 0.632. The Balaban J connectivity index is 1.59. The molecule has 0 aromatic carbocycles. The van der Waals surface area contributed by atoms with Gasteiger partial charge in [0, 0.05) is 18.0 Å². The molecule has 1 saturated carbocycles. The summed E-state index contributed by atoms with van der Waals surface area (Å²) < 4.78 is 1.62. The molecule has 5 nitrogen and oxygen atoms in total. The van der Waals surface area contributed by atoms with Crippen molar-refractivity contribution in [2.75, 3.05) is 0 Å². The van der Waals surface area contributed by atoms with Crippen LogP contribution in [0.25, 0.3) is 10.2 Å². The van der Waals surface area contributed by atoms with E-state index in [1.54, 1.807) is 23.0 Å². The minimum Gasteiger partial charge on any atom is -0.352 e. The second-order valence-corrected chi connectivity index (χ2v) is 9.79. The molecule has 0 saturated heterocycles. The van der Waals surface area contributed by atoms with Gasteiger partial charge in [0.05, 0.1) is 10.6 Å². The summed E-state index contributed by atoms with van der Waals surface area (Å²) >= 11 is 3.04. The number of hydrogen-bond acceptors (Lipinski definition) is 5. The van der Waals surface area contributed by atoms with E-state index < -0.39 is 0 Å². The third-order valence-corrected chi connectivity index (χ3v) is 7.84. The summed E-state index contributed by atoms with van der Waals surface area (Å²) in [5.41, 5.74) is 1.24. The lowest BCUT2D eigenvalue weighted by atomic mass is 9.97. The van der Waals surface area contributed by atoms with Crippen LogP contribution in [0.2, 0.25) is 0 Å². The Morgan fingerprint density at radius 3 is 2.77 bits per heavy atom. The topological polar surface area (TPSA) is 64.0 Å². The van der Waals surface area contributed by atoms with Crippen LogP contribution in [0.1, 0.15) is 55.9 Å². The van der Waals surface area contributed by atoms with Gasteiger partial charge in [-0.25, -0.2) is 4.98 Å². The Morgan fingerprint density at radius 2 is 2.00 bits per heavy atom. The smallest absolute Gasteiger partial charge is 0.262 e. The first-order valence-corrected chi connectivity index (χ1v) is 11.2. The van der Waals surface area contributed by atoms with E-state index in [1.165, 1.54) is 41.5 Å². The molecule has 0 bridgehead atoms. The number of amides is 1. The lowest BCUT2D eigenvalue weighted by Gasteiger charge is -2.17. The first-order valence-electron chi connectivity index (χ1n) is 9.53. The number of aromatic nitrogens is 2. The second-order valence-electron chi connectivity index (χ2n) is 7.40. The molecular formula is C19H25N3O2S2. The van der Waals surface area contributed by atoms with Crippen molar-refractivity contribution in [1.29, 1.82) is 0 Å². The zero-order valence-corrected chi connectivity index (χ0v) is 17.0. The van der Waals surface area contributed by atoms with Gasteiger partial charge in [0.25, 0.3) is 5.56 Å². The zero-order chi connectivity index (χ0) is 18.3. The van der Waals surface area contributed by atoms with Crippen molar-refractivity contribution in [2.24, 2.45) is 7.05 Å². The lowest BCUT2D eigenvalue weighted by Crippen LogP contribution is -2.38. The van der Waals surface area contributed by atoms with E-state index in [-0.39, 0.29) is 16.7 Å². The first kappa shape index (κ1) is 18.0. The van der Waals surface area contributed by atoms with Crippen molar-refractivity contribution in [3.8, 4) is 0 Å². The Hall–Kier alpha value is -1.34. The molecule has 1 N–H and O–H groups in total. The van der Waals surface area contributed by atoms with Crippen LogP contribution >= 0.6 is 23.1 Å². The predicted octanol–water partition coefficient (Wildman–Crippen LogP) is 3.41. The fourth-order valence-corrected chi connectivity index (χ4v) is 6.16. The Labute approximate surface area is 161 Å². The third-order valence-electron chi connectivity index (χ3n) is 5.51. The number of carbonyl (C=O) groups excluding carboxylic acids is 1. The van der Waals surface area contributed by atoms with E-state index in [0.717, 1.165) is 42.3 Å². The van der Waals surface area contributed by atoms with Gasteiger partial charge in [-0.1, -0.05) is 24.6 Å². The van der Waals surface area contributed by atoms with Crippen LogP contribution in [0.15, 0.2) is 9.95 Å². The van der Waals surface area contributed by atoms with Gasteiger partial charge < -0.3 is 5.32 Å². The minimum atomic E-state index is -0.263. The summed E-state index contributed by atoms with van der Waals surface area (Å²) in [5.74, 6) is 0.0433. The molecule has 2 aromatic rings.